The van der Waals surface area contributed by atoms with Gasteiger partial charge < -0.3 is 19.7 Å². The molecule has 0 aromatic heterocycles. The third kappa shape index (κ3) is 8.67. The molecule has 4 aromatic carbocycles. The number of benzene rings is 4. The normalized spacial score (nSPS) is 11.7. The first kappa shape index (κ1) is 34.5. The number of halogens is 1. The summed E-state index contributed by atoms with van der Waals surface area (Å²) >= 11 is 3.45. The van der Waals surface area contributed by atoms with Gasteiger partial charge in [-0.2, -0.15) is 0 Å². The summed E-state index contributed by atoms with van der Waals surface area (Å²) in [6.07, 6.45) is 0.952. The average Bonchev–Trinajstić information content (AvgIpc) is 3.08. The van der Waals surface area contributed by atoms with E-state index in [1.54, 1.807) is 30.3 Å². The molecule has 4 rings (SSSR count). The number of rotatable bonds is 15. The van der Waals surface area contributed by atoms with E-state index in [0.29, 0.717) is 24.5 Å². The van der Waals surface area contributed by atoms with E-state index in [1.807, 2.05) is 61.5 Å². The lowest BCUT2D eigenvalue weighted by molar-refractivity contribution is -0.140. The Hall–Kier alpha value is -4.35. The van der Waals surface area contributed by atoms with Crippen molar-refractivity contribution < 1.29 is 27.5 Å². The van der Waals surface area contributed by atoms with Gasteiger partial charge in [0.2, 0.25) is 11.8 Å². The van der Waals surface area contributed by atoms with Crippen molar-refractivity contribution in [1.29, 1.82) is 0 Å². The van der Waals surface area contributed by atoms with Gasteiger partial charge in [0, 0.05) is 30.0 Å². The second-order valence-corrected chi connectivity index (χ2v) is 13.3. The predicted molar refractivity (Wildman–Crippen MR) is 182 cm³/mol. The highest BCUT2D eigenvalue weighted by Crippen LogP contribution is 2.34. The summed E-state index contributed by atoms with van der Waals surface area (Å²) in [7, 11) is -1.31. The lowest BCUT2D eigenvalue weighted by Gasteiger charge is -2.34. The van der Waals surface area contributed by atoms with E-state index in [4.69, 9.17) is 9.47 Å². The SMILES string of the molecule is CCCNC(=O)[C@H](Cc1ccccc1)N(Cc1ccc(Br)cc1)C(=O)CN(c1ccc(OC)c(OC)c1)S(=O)(=O)c1ccccc1. The zero-order chi connectivity index (χ0) is 33.1. The Morgan fingerprint density at radius 2 is 1.46 bits per heavy atom. The van der Waals surface area contributed by atoms with Crippen LogP contribution in [0.25, 0.3) is 0 Å². The zero-order valence-corrected chi connectivity index (χ0v) is 28.5. The third-order valence-electron chi connectivity index (χ3n) is 7.35. The van der Waals surface area contributed by atoms with Gasteiger partial charge in [-0.05, 0) is 53.9 Å². The van der Waals surface area contributed by atoms with Crippen LogP contribution < -0.4 is 19.1 Å². The number of sulfonamides is 1. The molecule has 0 bridgehead atoms. The summed E-state index contributed by atoms with van der Waals surface area (Å²) in [4.78, 5) is 29.8. The first-order valence-electron chi connectivity index (χ1n) is 14.8. The van der Waals surface area contributed by atoms with E-state index in [9.17, 15) is 18.0 Å². The molecule has 4 aromatic rings. The molecule has 0 heterocycles. The zero-order valence-electron chi connectivity index (χ0n) is 26.1. The van der Waals surface area contributed by atoms with Crippen LogP contribution in [0.5, 0.6) is 11.5 Å². The summed E-state index contributed by atoms with van der Waals surface area (Å²) in [6, 6.07) is 28.5. The van der Waals surface area contributed by atoms with Crippen LogP contribution in [0.1, 0.15) is 24.5 Å². The van der Waals surface area contributed by atoms with Crippen LogP contribution in [-0.4, -0.2) is 58.5 Å². The highest BCUT2D eigenvalue weighted by molar-refractivity contribution is 9.10. The monoisotopic (exact) mass is 707 g/mol. The van der Waals surface area contributed by atoms with Crippen molar-refractivity contribution in [2.24, 2.45) is 0 Å². The highest BCUT2D eigenvalue weighted by atomic mass is 79.9. The van der Waals surface area contributed by atoms with E-state index < -0.39 is 28.5 Å². The second kappa shape index (κ2) is 16.3. The molecule has 9 nitrogen and oxygen atoms in total. The second-order valence-electron chi connectivity index (χ2n) is 10.5. The van der Waals surface area contributed by atoms with Crippen molar-refractivity contribution in [2.75, 3.05) is 31.6 Å². The van der Waals surface area contributed by atoms with E-state index in [2.05, 4.69) is 21.2 Å². The number of methoxy groups -OCH3 is 2. The Kier molecular flexibility index (Phi) is 12.2. The average molecular weight is 709 g/mol. The minimum Gasteiger partial charge on any atom is -0.493 e. The molecule has 0 saturated carbocycles. The van der Waals surface area contributed by atoms with Crippen LogP contribution in [0.2, 0.25) is 0 Å². The molecule has 46 heavy (non-hydrogen) atoms. The summed E-state index contributed by atoms with van der Waals surface area (Å²) in [5.41, 5.74) is 1.84. The van der Waals surface area contributed by atoms with Gasteiger partial charge in [0.05, 0.1) is 24.8 Å². The van der Waals surface area contributed by atoms with Gasteiger partial charge in [0.15, 0.2) is 11.5 Å². The van der Waals surface area contributed by atoms with Crippen molar-refractivity contribution >= 4 is 43.5 Å². The topological polar surface area (TPSA) is 105 Å². The van der Waals surface area contributed by atoms with Crippen molar-refractivity contribution in [3.63, 3.8) is 0 Å². The third-order valence-corrected chi connectivity index (χ3v) is 9.67. The Bertz CT molecular complexity index is 1700. The van der Waals surface area contributed by atoms with E-state index in [-0.39, 0.29) is 29.5 Å². The number of nitrogens with one attached hydrogen (secondary N) is 1. The van der Waals surface area contributed by atoms with Crippen molar-refractivity contribution in [3.8, 4) is 11.5 Å². The number of anilines is 1. The molecule has 0 aliphatic rings. The molecule has 0 spiro atoms. The molecule has 0 fully saturated rings. The van der Waals surface area contributed by atoms with Crippen LogP contribution in [0.15, 0.2) is 112 Å². The van der Waals surface area contributed by atoms with Crippen LogP contribution in [0.3, 0.4) is 0 Å². The Labute approximate surface area is 279 Å². The maximum absolute atomic E-state index is 14.5. The van der Waals surface area contributed by atoms with Crippen LogP contribution in [0, 0.1) is 0 Å². The Balaban J connectivity index is 1.82. The number of carbonyl (C=O) groups is 2. The fourth-order valence-electron chi connectivity index (χ4n) is 4.93. The highest BCUT2D eigenvalue weighted by Gasteiger charge is 2.35. The maximum atomic E-state index is 14.5. The minimum atomic E-state index is -4.24. The van der Waals surface area contributed by atoms with Gasteiger partial charge in [-0.1, -0.05) is 83.5 Å². The number of amides is 2. The predicted octanol–water partition coefficient (Wildman–Crippen LogP) is 5.83. The molecule has 0 aliphatic heterocycles. The van der Waals surface area contributed by atoms with Crippen molar-refractivity contribution in [3.05, 3.63) is 119 Å². The number of hydrogen-bond acceptors (Lipinski definition) is 6. The molecule has 0 radical (unpaired) electrons. The number of ether oxygens (including phenoxy) is 2. The van der Waals surface area contributed by atoms with Gasteiger partial charge >= 0.3 is 0 Å². The Morgan fingerprint density at radius 3 is 2.07 bits per heavy atom. The molecule has 1 atom stereocenters. The van der Waals surface area contributed by atoms with Crippen LogP contribution in [-0.2, 0) is 32.6 Å². The Morgan fingerprint density at radius 1 is 0.826 bits per heavy atom. The summed E-state index contributed by atoms with van der Waals surface area (Å²) in [6.45, 7) is 1.89. The van der Waals surface area contributed by atoms with E-state index in [1.165, 1.54) is 37.3 Å². The van der Waals surface area contributed by atoms with Crippen LogP contribution >= 0.6 is 15.9 Å². The van der Waals surface area contributed by atoms with Gasteiger partial charge in [-0.15, -0.1) is 0 Å². The molecule has 0 aliphatic carbocycles. The van der Waals surface area contributed by atoms with Gasteiger partial charge in [-0.25, -0.2) is 8.42 Å². The largest absolute Gasteiger partial charge is 0.493 e. The molecule has 11 heteroatoms. The first-order chi connectivity index (χ1) is 22.2. The molecule has 1 N–H and O–H groups in total. The fourth-order valence-corrected chi connectivity index (χ4v) is 6.63. The summed E-state index contributed by atoms with van der Waals surface area (Å²) in [5, 5.41) is 2.95. The number of hydrogen-bond donors (Lipinski definition) is 1. The lowest BCUT2D eigenvalue weighted by Crippen LogP contribution is -2.53. The smallest absolute Gasteiger partial charge is 0.264 e. The van der Waals surface area contributed by atoms with Gasteiger partial charge in [0.1, 0.15) is 12.6 Å². The molecular weight excluding hydrogens is 670 g/mol. The fraction of sp³-hybridized carbons (Fsp3) is 0.257. The summed E-state index contributed by atoms with van der Waals surface area (Å²) < 4.78 is 41.1. The maximum Gasteiger partial charge on any atom is 0.264 e. The summed E-state index contributed by atoms with van der Waals surface area (Å²) in [5.74, 6) is -0.167. The minimum absolute atomic E-state index is 0.0126. The molecule has 242 valence electrons. The standard InChI is InChI=1S/C35H38BrN3O6S/c1-4-21-37-35(41)31(22-26-11-7-5-8-12-26)38(24-27-15-17-28(36)18-16-27)34(40)25-39(46(42,43)30-13-9-6-10-14-30)29-19-20-32(44-2)33(23-29)45-3/h5-20,23,31H,4,21-22,24-25H2,1-3H3,(H,37,41)/t31-/m0/s1. The first-order valence-corrected chi connectivity index (χ1v) is 17.1. The number of carbonyl (C=O) groups excluding carboxylic acids is 2. The van der Waals surface area contributed by atoms with Crippen molar-refractivity contribution in [1.82, 2.24) is 10.2 Å². The van der Waals surface area contributed by atoms with Crippen LogP contribution in [0.4, 0.5) is 5.69 Å². The van der Waals surface area contributed by atoms with E-state index >= 15 is 0 Å². The quantitative estimate of drug-likeness (QED) is 0.167. The van der Waals surface area contributed by atoms with Crippen molar-refractivity contribution in [2.45, 2.75) is 37.2 Å². The lowest BCUT2D eigenvalue weighted by atomic mass is 10.0. The van der Waals surface area contributed by atoms with Gasteiger partial charge in [-0.3, -0.25) is 13.9 Å². The molecule has 0 saturated heterocycles. The molecule has 0 unspecified atom stereocenters. The number of nitrogens with zero attached hydrogens (tertiary/aromatic N) is 2. The molecule has 2 amide bonds. The molecular formula is C35H38BrN3O6S. The van der Waals surface area contributed by atoms with Gasteiger partial charge in [0.25, 0.3) is 10.0 Å². The van der Waals surface area contributed by atoms with E-state index in [0.717, 1.165) is 19.9 Å².